The number of nitrogens with two attached hydrogens (primary N) is 1. The van der Waals surface area contributed by atoms with E-state index in [1.165, 1.54) is 0 Å². The lowest BCUT2D eigenvalue weighted by molar-refractivity contribution is -0.137. The summed E-state index contributed by atoms with van der Waals surface area (Å²) in [5.41, 5.74) is 6.77. The average molecular weight is 370 g/mol. The number of piperidine rings is 1. The third-order valence-corrected chi connectivity index (χ3v) is 5.58. The number of ether oxygens (including phenoxy) is 1. The van der Waals surface area contributed by atoms with Gasteiger partial charge in [-0.3, -0.25) is 4.79 Å². The molecule has 3 rings (SSSR count). The van der Waals surface area contributed by atoms with E-state index in [1.54, 1.807) is 6.07 Å². The molecular formula is C22H31N3O2. The third-order valence-electron chi connectivity index (χ3n) is 5.58. The first-order valence-corrected chi connectivity index (χ1v) is 10.2. The standard InChI is InChI=1S/C22H31N3O2/c1-3-7-17(4-2)22(26)25-12-10-16(11-13-25)15-27-20-14-21(23)24-19-9-6-5-8-18(19)20/h5-6,8-9,14,16-17H,3-4,7,10-13,15H2,1-2H3,(H2,23,24). The van der Waals surface area contributed by atoms with E-state index in [-0.39, 0.29) is 5.92 Å². The molecule has 1 amide bonds. The first-order valence-electron chi connectivity index (χ1n) is 10.2. The molecular weight excluding hydrogens is 338 g/mol. The van der Waals surface area contributed by atoms with Crippen molar-refractivity contribution in [2.75, 3.05) is 25.4 Å². The number of hydrogen-bond acceptors (Lipinski definition) is 4. The summed E-state index contributed by atoms with van der Waals surface area (Å²) in [6.07, 6.45) is 4.98. The van der Waals surface area contributed by atoms with E-state index in [4.69, 9.17) is 10.5 Å². The summed E-state index contributed by atoms with van der Waals surface area (Å²) in [6.45, 7) is 6.60. The van der Waals surface area contributed by atoms with Crippen LogP contribution in [-0.2, 0) is 4.79 Å². The van der Waals surface area contributed by atoms with Crippen LogP contribution < -0.4 is 10.5 Å². The number of aromatic nitrogens is 1. The van der Waals surface area contributed by atoms with Crippen molar-refractivity contribution in [2.45, 2.75) is 46.0 Å². The lowest BCUT2D eigenvalue weighted by Gasteiger charge is -2.34. The molecule has 5 heteroatoms. The highest BCUT2D eigenvalue weighted by Crippen LogP contribution is 2.28. The Morgan fingerprint density at radius 1 is 1.30 bits per heavy atom. The van der Waals surface area contributed by atoms with E-state index in [0.717, 1.165) is 61.8 Å². The molecule has 2 N–H and O–H groups in total. The van der Waals surface area contributed by atoms with Crippen molar-refractivity contribution in [3.63, 3.8) is 0 Å². The number of likely N-dealkylation sites (tertiary alicyclic amines) is 1. The van der Waals surface area contributed by atoms with Crippen LogP contribution in [-0.4, -0.2) is 35.5 Å². The van der Waals surface area contributed by atoms with E-state index < -0.39 is 0 Å². The number of fused-ring (bicyclic) bond motifs is 1. The molecule has 1 aromatic heterocycles. The molecule has 1 saturated heterocycles. The monoisotopic (exact) mass is 369 g/mol. The Bertz CT molecular complexity index is 769. The van der Waals surface area contributed by atoms with Crippen LogP contribution in [0.25, 0.3) is 10.9 Å². The maximum absolute atomic E-state index is 12.7. The molecule has 1 atom stereocenters. The van der Waals surface area contributed by atoms with Gasteiger partial charge in [0.1, 0.15) is 11.6 Å². The Kier molecular flexibility index (Phi) is 6.54. The summed E-state index contributed by atoms with van der Waals surface area (Å²) < 4.78 is 6.12. The molecule has 0 spiro atoms. The van der Waals surface area contributed by atoms with Gasteiger partial charge in [0.15, 0.2) is 0 Å². The Morgan fingerprint density at radius 3 is 2.74 bits per heavy atom. The molecule has 5 nitrogen and oxygen atoms in total. The highest BCUT2D eigenvalue weighted by Gasteiger charge is 2.27. The molecule has 1 fully saturated rings. The number of amides is 1. The van der Waals surface area contributed by atoms with E-state index >= 15 is 0 Å². The molecule has 0 aliphatic carbocycles. The zero-order valence-electron chi connectivity index (χ0n) is 16.5. The maximum atomic E-state index is 12.7. The molecule has 1 aliphatic heterocycles. The molecule has 146 valence electrons. The number of para-hydroxylation sites is 1. The number of benzene rings is 1. The molecule has 1 aliphatic rings. The minimum atomic E-state index is 0.189. The summed E-state index contributed by atoms with van der Waals surface area (Å²) in [5, 5.41) is 0.990. The quantitative estimate of drug-likeness (QED) is 0.792. The topological polar surface area (TPSA) is 68.5 Å². The van der Waals surface area contributed by atoms with Crippen LogP contribution in [0, 0.1) is 11.8 Å². The zero-order valence-corrected chi connectivity index (χ0v) is 16.5. The summed E-state index contributed by atoms with van der Waals surface area (Å²) >= 11 is 0. The third kappa shape index (κ3) is 4.71. The molecule has 0 radical (unpaired) electrons. The normalized spacial score (nSPS) is 16.4. The van der Waals surface area contributed by atoms with Crippen LogP contribution in [0.1, 0.15) is 46.0 Å². The van der Waals surface area contributed by atoms with Crippen molar-refractivity contribution in [1.29, 1.82) is 0 Å². The number of hydrogen-bond donors (Lipinski definition) is 1. The molecule has 27 heavy (non-hydrogen) atoms. The van der Waals surface area contributed by atoms with E-state index in [9.17, 15) is 4.79 Å². The van der Waals surface area contributed by atoms with Crippen LogP contribution in [0.15, 0.2) is 30.3 Å². The van der Waals surface area contributed by atoms with Crippen LogP contribution in [0.2, 0.25) is 0 Å². The number of rotatable bonds is 7. The lowest BCUT2D eigenvalue weighted by Crippen LogP contribution is -2.42. The summed E-state index contributed by atoms with van der Waals surface area (Å²) in [7, 11) is 0. The molecule has 1 aromatic carbocycles. The first kappa shape index (κ1) is 19.5. The number of anilines is 1. The Labute approximate surface area is 161 Å². The second kappa shape index (κ2) is 9.07. The van der Waals surface area contributed by atoms with Gasteiger partial charge in [-0.15, -0.1) is 0 Å². The fraction of sp³-hybridized carbons (Fsp3) is 0.545. The van der Waals surface area contributed by atoms with Crippen molar-refractivity contribution in [1.82, 2.24) is 9.88 Å². The largest absolute Gasteiger partial charge is 0.492 e. The number of carbonyl (C=O) groups excluding carboxylic acids is 1. The fourth-order valence-corrected chi connectivity index (χ4v) is 3.92. The number of nitrogen functional groups attached to an aromatic ring is 1. The van der Waals surface area contributed by atoms with Crippen molar-refractivity contribution in [3.8, 4) is 5.75 Å². The SMILES string of the molecule is CCCC(CC)C(=O)N1CCC(COc2cc(N)nc3ccccc23)CC1. The average Bonchev–Trinajstić information content (AvgIpc) is 2.70. The summed E-state index contributed by atoms with van der Waals surface area (Å²) in [4.78, 5) is 19.1. The zero-order chi connectivity index (χ0) is 19.2. The van der Waals surface area contributed by atoms with Gasteiger partial charge in [-0.05, 0) is 43.7 Å². The van der Waals surface area contributed by atoms with Gasteiger partial charge in [0.05, 0.1) is 12.1 Å². The van der Waals surface area contributed by atoms with Gasteiger partial charge < -0.3 is 15.4 Å². The second-order valence-electron chi connectivity index (χ2n) is 7.54. The van der Waals surface area contributed by atoms with Crippen molar-refractivity contribution >= 4 is 22.6 Å². The van der Waals surface area contributed by atoms with Gasteiger partial charge in [-0.25, -0.2) is 4.98 Å². The first-order chi connectivity index (χ1) is 13.1. The smallest absolute Gasteiger partial charge is 0.225 e. The number of nitrogens with zero attached hydrogens (tertiary/aromatic N) is 2. The predicted molar refractivity (Wildman–Crippen MR) is 110 cm³/mol. The highest BCUT2D eigenvalue weighted by molar-refractivity contribution is 5.86. The van der Waals surface area contributed by atoms with Crippen molar-refractivity contribution < 1.29 is 9.53 Å². The van der Waals surface area contributed by atoms with Gasteiger partial charge in [0, 0.05) is 30.5 Å². The van der Waals surface area contributed by atoms with E-state index in [2.05, 4.69) is 23.7 Å². The van der Waals surface area contributed by atoms with Crippen LogP contribution in [0.5, 0.6) is 5.75 Å². The molecule has 2 aromatic rings. The maximum Gasteiger partial charge on any atom is 0.225 e. The Hall–Kier alpha value is -2.30. The van der Waals surface area contributed by atoms with Crippen LogP contribution in [0.3, 0.4) is 0 Å². The van der Waals surface area contributed by atoms with Gasteiger partial charge in [-0.1, -0.05) is 32.4 Å². The van der Waals surface area contributed by atoms with Crippen molar-refractivity contribution in [2.24, 2.45) is 11.8 Å². The van der Waals surface area contributed by atoms with Gasteiger partial charge in [0.2, 0.25) is 5.91 Å². The van der Waals surface area contributed by atoms with Crippen molar-refractivity contribution in [3.05, 3.63) is 30.3 Å². The second-order valence-corrected chi connectivity index (χ2v) is 7.54. The molecule has 1 unspecified atom stereocenters. The minimum absolute atomic E-state index is 0.189. The van der Waals surface area contributed by atoms with Gasteiger partial charge in [-0.2, -0.15) is 0 Å². The highest BCUT2D eigenvalue weighted by atomic mass is 16.5. The predicted octanol–water partition coefficient (Wildman–Crippen LogP) is 4.26. The number of carbonyl (C=O) groups is 1. The molecule has 0 bridgehead atoms. The Balaban J connectivity index is 1.55. The van der Waals surface area contributed by atoms with Gasteiger partial charge >= 0.3 is 0 Å². The van der Waals surface area contributed by atoms with Gasteiger partial charge in [0.25, 0.3) is 0 Å². The number of pyridine rings is 1. The fourth-order valence-electron chi connectivity index (χ4n) is 3.92. The lowest BCUT2D eigenvalue weighted by atomic mass is 9.94. The Morgan fingerprint density at radius 2 is 2.04 bits per heavy atom. The molecule has 0 saturated carbocycles. The minimum Gasteiger partial charge on any atom is -0.492 e. The van der Waals surface area contributed by atoms with E-state index in [0.29, 0.717) is 24.2 Å². The van der Waals surface area contributed by atoms with Crippen LogP contribution >= 0.6 is 0 Å². The van der Waals surface area contributed by atoms with Crippen LogP contribution in [0.4, 0.5) is 5.82 Å². The van der Waals surface area contributed by atoms with E-state index in [1.807, 2.05) is 24.3 Å². The summed E-state index contributed by atoms with van der Waals surface area (Å²) in [5.74, 6) is 2.27. The molecule has 2 heterocycles. The summed E-state index contributed by atoms with van der Waals surface area (Å²) in [6, 6.07) is 9.70.